The molecular formula is C21H24FNO2S. The number of benzene rings is 1. The van der Waals surface area contributed by atoms with Crippen LogP contribution in [0.1, 0.15) is 50.7 Å². The molecule has 0 aliphatic heterocycles. The van der Waals surface area contributed by atoms with Crippen molar-refractivity contribution in [3.63, 3.8) is 0 Å². The minimum absolute atomic E-state index is 0.0837. The highest BCUT2D eigenvalue weighted by molar-refractivity contribution is 7.90. The standard InChI is InChI=1S/C21H24FNO2S/c1-4-21(5-2)12-18(15-6-9-17(22)10-7-15)19(13-21)16-8-11-20(23-14-16)26(3,24)25/h6-11,14H,4-5,12-13H2,1-3H3. The molecule has 0 spiro atoms. The number of pyridine rings is 1. The Labute approximate surface area is 154 Å². The molecule has 3 nitrogen and oxygen atoms in total. The zero-order valence-electron chi connectivity index (χ0n) is 15.4. The van der Waals surface area contributed by atoms with Gasteiger partial charge in [-0.3, -0.25) is 0 Å². The van der Waals surface area contributed by atoms with E-state index in [0.29, 0.717) is 0 Å². The Hall–Kier alpha value is -2.01. The first-order valence-corrected chi connectivity index (χ1v) is 10.8. The Kier molecular flexibility index (Phi) is 5.02. The second kappa shape index (κ2) is 6.95. The Morgan fingerprint density at radius 2 is 1.50 bits per heavy atom. The van der Waals surface area contributed by atoms with Crippen molar-refractivity contribution in [1.82, 2.24) is 4.98 Å². The van der Waals surface area contributed by atoms with E-state index >= 15 is 0 Å². The van der Waals surface area contributed by atoms with E-state index < -0.39 is 9.84 Å². The molecule has 2 aromatic rings. The Bertz CT molecular complexity index is 925. The first kappa shape index (κ1) is 18.8. The Morgan fingerprint density at radius 3 is 1.96 bits per heavy atom. The van der Waals surface area contributed by atoms with E-state index in [2.05, 4.69) is 18.8 Å². The number of aromatic nitrogens is 1. The molecule has 3 rings (SSSR count). The van der Waals surface area contributed by atoms with E-state index in [9.17, 15) is 12.8 Å². The van der Waals surface area contributed by atoms with Crippen LogP contribution >= 0.6 is 0 Å². The molecule has 0 atom stereocenters. The SMILES string of the molecule is CCC1(CC)CC(c2ccc(F)cc2)=C(c2ccc(S(C)(=O)=O)nc2)C1. The van der Waals surface area contributed by atoms with Crippen molar-refractivity contribution in [2.45, 2.75) is 44.6 Å². The maximum Gasteiger partial charge on any atom is 0.192 e. The molecule has 1 aliphatic carbocycles. The molecule has 1 aromatic heterocycles. The van der Waals surface area contributed by atoms with Gasteiger partial charge in [-0.15, -0.1) is 0 Å². The first-order chi connectivity index (χ1) is 12.3. The third kappa shape index (κ3) is 3.58. The number of hydrogen-bond donors (Lipinski definition) is 0. The molecule has 5 heteroatoms. The lowest BCUT2D eigenvalue weighted by atomic mass is 9.78. The van der Waals surface area contributed by atoms with Crippen LogP contribution in [0, 0.1) is 11.2 Å². The molecule has 1 aromatic carbocycles. The molecule has 0 amide bonds. The summed E-state index contributed by atoms with van der Waals surface area (Å²) in [6, 6.07) is 10.0. The summed E-state index contributed by atoms with van der Waals surface area (Å²) in [4.78, 5) is 4.15. The van der Waals surface area contributed by atoms with E-state index in [0.717, 1.165) is 43.1 Å². The molecular weight excluding hydrogens is 349 g/mol. The Morgan fingerprint density at radius 1 is 0.962 bits per heavy atom. The smallest absolute Gasteiger partial charge is 0.192 e. The third-order valence-electron chi connectivity index (χ3n) is 5.63. The third-order valence-corrected chi connectivity index (χ3v) is 6.63. The lowest BCUT2D eigenvalue weighted by molar-refractivity contribution is 0.291. The predicted molar refractivity (Wildman–Crippen MR) is 103 cm³/mol. The topological polar surface area (TPSA) is 47.0 Å². The van der Waals surface area contributed by atoms with Gasteiger partial charge in [0.15, 0.2) is 14.9 Å². The van der Waals surface area contributed by atoms with Crippen LogP contribution in [0.2, 0.25) is 0 Å². The van der Waals surface area contributed by atoms with Gasteiger partial charge in [0.1, 0.15) is 5.82 Å². The van der Waals surface area contributed by atoms with E-state index in [4.69, 9.17) is 0 Å². The van der Waals surface area contributed by atoms with Crippen LogP contribution in [0.4, 0.5) is 4.39 Å². The first-order valence-electron chi connectivity index (χ1n) is 8.92. The number of allylic oxidation sites excluding steroid dienone is 2. The van der Waals surface area contributed by atoms with Gasteiger partial charge in [-0.1, -0.05) is 32.0 Å². The summed E-state index contributed by atoms with van der Waals surface area (Å²) in [5.74, 6) is -0.245. The van der Waals surface area contributed by atoms with Gasteiger partial charge in [0.25, 0.3) is 0 Å². The monoisotopic (exact) mass is 373 g/mol. The summed E-state index contributed by atoms with van der Waals surface area (Å²) in [6.07, 6.45) is 6.80. The van der Waals surface area contributed by atoms with E-state index in [-0.39, 0.29) is 16.3 Å². The van der Waals surface area contributed by atoms with Gasteiger partial charge < -0.3 is 0 Å². The lowest BCUT2D eigenvalue weighted by Gasteiger charge is -2.26. The van der Waals surface area contributed by atoms with Crippen molar-refractivity contribution in [2.75, 3.05) is 6.26 Å². The summed E-state index contributed by atoms with van der Waals surface area (Å²) >= 11 is 0. The van der Waals surface area contributed by atoms with Gasteiger partial charge in [-0.2, -0.15) is 0 Å². The molecule has 1 heterocycles. The van der Waals surface area contributed by atoms with Gasteiger partial charge in [0.05, 0.1) is 0 Å². The zero-order valence-corrected chi connectivity index (χ0v) is 16.2. The fraction of sp³-hybridized carbons (Fsp3) is 0.381. The summed E-state index contributed by atoms with van der Waals surface area (Å²) in [5.41, 5.74) is 4.56. The van der Waals surface area contributed by atoms with Gasteiger partial charge in [0, 0.05) is 12.5 Å². The van der Waals surface area contributed by atoms with Gasteiger partial charge in [0.2, 0.25) is 0 Å². The summed E-state index contributed by atoms with van der Waals surface area (Å²) in [7, 11) is -3.31. The molecule has 0 N–H and O–H groups in total. The maximum atomic E-state index is 13.4. The normalized spacial score (nSPS) is 16.9. The van der Waals surface area contributed by atoms with Crippen LogP contribution in [0.5, 0.6) is 0 Å². The van der Waals surface area contributed by atoms with Crippen molar-refractivity contribution < 1.29 is 12.8 Å². The fourth-order valence-corrected chi connectivity index (χ4v) is 4.32. The van der Waals surface area contributed by atoms with Crippen molar-refractivity contribution in [1.29, 1.82) is 0 Å². The van der Waals surface area contributed by atoms with Crippen LogP contribution in [-0.2, 0) is 9.84 Å². The highest BCUT2D eigenvalue weighted by Crippen LogP contribution is 2.53. The molecule has 0 saturated carbocycles. The van der Waals surface area contributed by atoms with Crippen molar-refractivity contribution >= 4 is 21.0 Å². The van der Waals surface area contributed by atoms with Crippen molar-refractivity contribution in [2.24, 2.45) is 5.41 Å². The van der Waals surface area contributed by atoms with E-state index in [1.807, 2.05) is 18.2 Å². The van der Waals surface area contributed by atoms with Crippen LogP contribution in [0.15, 0.2) is 47.6 Å². The molecule has 1 aliphatic rings. The quantitative estimate of drug-likeness (QED) is 0.729. The second-order valence-electron chi connectivity index (χ2n) is 7.18. The zero-order chi connectivity index (χ0) is 18.9. The van der Waals surface area contributed by atoms with E-state index in [1.54, 1.807) is 12.3 Å². The average molecular weight is 373 g/mol. The van der Waals surface area contributed by atoms with Crippen molar-refractivity contribution in [3.8, 4) is 0 Å². The highest BCUT2D eigenvalue weighted by atomic mass is 32.2. The average Bonchev–Trinajstić information content (AvgIpc) is 3.02. The largest absolute Gasteiger partial charge is 0.244 e. The van der Waals surface area contributed by atoms with Crippen LogP contribution in [0.25, 0.3) is 11.1 Å². The lowest BCUT2D eigenvalue weighted by Crippen LogP contribution is -2.14. The summed E-state index contributed by atoms with van der Waals surface area (Å²) in [5, 5.41) is 0.0837. The van der Waals surface area contributed by atoms with Gasteiger partial charge >= 0.3 is 0 Å². The molecule has 0 saturated heterocycles. The van der Waals surface area contributed by atoms with Crippen LogP contribution in [0.3, 0.4) is 0 Å². The number of rotatable bonds is 5. The van der Waals surface area contributed by atoms with Crippen molar-refractivity contribution in [3.05, 3.63) is 59.5 Å². The molecule has 0 radical (unpaired) electrons. The minimum Gasteiger partial charge on any atom is -0.244 e. The fourth-order valence-electron chi connectivity index (χ4n) is 3.76. The maximum absolute atomic E-state index is 13.4. The summed E-state index contributed by atoms with van der Waals surface area (Å²) in [6.45, 7) is 4.42. The van der Waals surface area contributed by atoms with Crippen LogP contribution < -0.4 is 0 Å². The molecule has 26 heavy (non-hydrogen) atoms. The highest BCUT2D eigenvalue weighted by Gasteiger charge is 2.36. The molecule has 138 valence electrons. The summed E-state index contributed by atoms with van der Waals surface area (Å²) < 4.78 is 36.7. The molecule has 0 fully saturated rings. The molecule has 0 bridgehead atoms. The second-order valence-corrected chi connectivity index (χ2v) is 9.14. The Balaban J connectivity index is 2.09. The number of sulfone groups is 1. The molecule has 0 unspecified atom stereocenters. The van der Waals surface area contributed by atoms with Gasteiger partial charge in [-0.25, -0.2) is 17.8 Å². The predicted octanol–water partition coefficient (Wildman–Crippen LogP) is 5.14. The number of hydrogen-bond acceptors (Lipinski definition) is 3. The number of nitrogens with zero attached hydrogens (tertiary/aromatic N) is 1. The van der Waals surface area contributed by atoms with E-state index in [1.165, 1.54) is 23.3 Å². The minimum atomic E-state index is -3.31. The van der Waals surface area contributed by atoms with Crippen LogP contribution in [-0.4, -0.2) is 19.7 Å². The number of halogens is 1. The van der Waals surface area contributed by atoms with Gasteiger partial charge in [-0.05, 0) is 71.6 Å².